The first-order valence-corrected chi connectivity index (χ1v) is 9.60. The predicted octanol–water partition coefficient (Wildman–Crippen LogP) is 2.28. The molecule has 4 aromatic heterocycles. The van der Waals surface area contributed by atoms with Crippen molar-refractivity contribution in [3.63, 3.8) is 0 Å². The molecule has 0 aliphatic rings. The third kappa shape index (κ3) is 4.35. The fraction of sp³-hybridized carbons (Fsp3) is 0.0625. The molecule has 4 aromatic rings. The number of hydrogen-bond acceptors (Lipinski definition) is 9. The number of carbonyl (C=O) groups is 1. The van der Waals surface area contributed by atoms with Crippen LogP contribution in [0.15, 0.2) is 69.4 Å². The van der Waals surface area contributed by atoms with Gasteiger partial charge in [0.25, 0.3) is 5.91 Å². The highest BCUT2D eigenvalue weighted by Gasteiger charge is 2.19. The van der Waals surface area contributed by atoms with Gasteiger partial charge in [-0.1, -0.05) is 11.8 Å². The number of nitrogens with zero attached hydrogens (tertiary/aromatic N) is 7. The number of aryl methyl sites for hydroxylation is 1. The Morgan fingerprint density at radius 2 is 2.07 bits per heavy atom. The molecule has 0 aliphatic carbocycles. The molecule has 140 valence electrons. The van der Waals surface area contributed by atoms with Gasteiger partial charge < -0.3 is 10.3 Å². The summed E-state index contributed by atoms with van der Waals surface area (Å²) in [7, 11) is 1.77. The normalized spacial score (nSPS) is 10.8. The van der Waals surface area contributed by atoms with Crippen molar-refractivity contribution in [2.24, 2.45) is 7.05 Å². The molecule has 0 bridgehead atoms. The van der Waals surface area contributed by atoms with Gasteiger partial charge in [0.1, 0.15) is 16.4 Å². The summed E-state index contributed by atoms with van der Waals surface area (Å²) >= 11 is 2.56. The second-order valence-electron chi connectivity index (χ2n) is 5.37. The summed E-state index contributed by atoms with van der Waals surface area (Å²) in [5, 5.41) is 16.1. The van der Waals surface area contributed by atoms with Crippen LogP contribution in [-0.4, -0.2) is 45.8 Å². The van der Waals surface area contributed by atoms with E-state index in [9.17, 15) is 4.79 Å². The molecule has 0 unspecified atom stereocenters. The quantitative estimate of drug-likeness (QED) is 0.491. The van der Waals surface area contributed by atoms with Gasteiger partial charge in [-0.3, -0.25) is 14.5 Å². The van der Waals surface area contributed by atoms with E-state index in [0.29, 0.717) is 21.0 Å². The molecule has 1 amide bonds. The highest BCUT2D eigenvalue weighted by atomic mass is 32.2. The van der Waals surface area contributed by atoms with Crippen molar-refractivity contribution in [3.8, 4) is 0 Å². The van der Waals surface area contributed by atoms with E-state index in [1.807, 2.05) is 12.1 Å². The van der Waals surface area contributed by atoms with Crippen LogP contribution in [-0.2, 0) is 7.05 Å². The fourth-order valence-corrected chi connectivity index (χ4v) is 3.61. The van der Waals surface area contributed by atoms with Gasteiger partial charge in [-0.15, -0.1) is 10.2 Å². The first-order valence-electron chi connectivity index (χ1n) is 7.97. The Balaban J connectivity index is 1.65. The maximum absolute atomic E-state index is 12.9. The fourth-order valence-electron chi connectivity index (χ4n) is 2.15. The number of anilines is 1. The largest absolute Gasteiger partial charge is 0.322 e. The van der Waals surface area contributed by atoms with Crippen molar-refractivity contribution in [1.29, 1.82) is 0 Å². The number of amides is 1. The van der Waals surface area contributed by atoms with Crippen LogP contribution in [0.4, 0.5) is 5.82 Å². The van der Waals surface area contributed by atoms with Crippen molar-refractivity contribution < 1.29 is 4.79 Å². The number of carbonyl (C=O) groups excluding carboxylic acids is 1. The zero-order valence-electron chi connectivity index (χ0n) is 14.5. The summed E-state index contributed by atoms with van der Waals surface area (Å²) < 4.78 is 1.60. The van der Waals surface area contributed by atoms with E-state index in [-0.39, 0.29) is 5.69 Å². The molecular formula is C16H13N9OS2. The summed E-state index contributed by atoms with van der Waals surface area (Å²) in [6, 6.07) is 5.38. The highest BCUT2D eigenvalue weighted by molar-refractivity contribution is 7.99. The molecule has 4 rings (SSSR count). The molecule has 4 heterocycles. The van der Waals surface area contributed by atoms with E-state index in [1.165, 1.54) is 29.9 Å². The standard InChI is InChI=1S/C16H13N9OS2/c1-25-7-4-11(24-25)21-14(26)13-15(27-10-2-5-17-6-3-10)18-8-12(22-13)28-16-19-9-20-23-16/h2-9H,1H3,(H,19,20,23)(H,21,24,26). The number of aromatic nitrogens is 8. The minimum absolute atomic E-state index is 0.192. The molecule has 2 N–H and O–H groups in total. The lowest BCUT2D eigenvalue weighted by Gasteiger charge is -2.08. The second-order valence-corrected chi connectivity index (χ2v) is 7.44. The van der Waals surface area contributed by atoms with Crippen molar-refractivity contribution in [2.75, 3.05) is 5.32 Å². The van der Waals surface area contributed by atoms with E-state index in [4.69, 9.17) is 0 Å². The van der Waals surface area contributed by atoms with Crippen molar-refractivity contribution in [2.45, 2.75) is 20.1 Å². The molecule has 0 spiro atoms. The maximum atomic E-state index is 12.9. The lowest BCUT2D eigenvalue weighted by Crippen LogP contribution is -2.16. The van der Waals surface area contributed by atoms with Crippen molar-refractivity contribution in [1.82, 2.24) is 39.9 Å². The van der Waals surface area contributed by atoms with Gasteiger partial charge in [0.05, 0.1) is 6.20 Å². The predicted molar refractivity (Wildman–Crippen MR) is 102 cm³/mol. The smallest absolute Gasteiger partial charge is 0.278 e. The van der Waals surface area contributed by atoms with E-state index in [1.54, 1.807) is 42.6 Å². The average molecular weight is 411 g/mol. The minimum atomic E-state index is -0.400. The Kier molecular flexibility index (Phi) is 5.30. The number of pyridine rings is 1. The first kappa shape index (κ1) is 18.1. The van der Waals surface area contributed by atoms with Crippen LogP contribution in [0.2, 0.25) is 0 Å². The molecule has 0 fully saturated rings. The van der Waals surface area contributed by atoms with Crippen LogP contribution in [0.1, 0.15) is 10.5 Å². The van der Waals surface area contributed by atoms with E-state index in [0.717, 1.165) is 4.90 Å². The Labute approximate surface area is 167 Å². The molecule has 0 saturated heterocycles. The van der Waals surface area contributed by atoms with Gasteiger partial charge in [-0.25, -0.2) is 9.97 Å². The second kappa shape index (κ2) is 8.19. The van der Waals surface area contributed by atoms with E-state index in [2.05, 4.69) is 40.5 Å². The van der Waals surface area contributed by atoms with Gasteiger partial charge in [-0.05, 0) is 23.9 Å². The molecule has 0 radical (unpaired) electrons. The summed E-state index contributed by atoms with van der Waals surface area (Å²) in [4.78, 5) is 29.5. The number of aromatic amines is 1. The zero-order valence-corrected chi connectivity index (χ0v) is 16.1. The van der Waals surface area contributed by atoms with Crippen LogP contribution >= 0.6 is 23.5 Å². The molecular weight excluding hydrogens is 398 g/mol. The Bertz CT molecular complexity index is 1080. The third-order valence-electron chi connectivity index (χ3n) is 3.35. The SMILES string of the molecule is Cn1ccc(NC(=O)c2nc(Sc3nnc[nH]3)cnc2Sc2ccncc2)n1. The minimum Gasteiger partial charge on any atom is -0.322 e. The highest BCUT2D eigenvalue weighted by Crippen LogP contribution is 2.30. The third-order valence-corrected chi connectivity index (χ3v) is 5.15. The van der Waals surface area contributed by atoms with Crippen LogP contribution in [0.3, 0.4) is 0 Å². The topological polar surface area (TPSA) is 127 Å². The summed E-state index contributed by atoms with van der Waals surface area (Å²) in [5.74, 6) is 0.0326. The van der Waals surface area contributed by atoms with Crippen LogP contribution in [0, 0.1) is 0 Å². The van der Waals surface area contributed by atoms with Crippen LogP contribution in [0.5, 0.6) is 0 Å². The van der Waals surface area contributed by atoms with Crippen molar-refractivity contribution >= 4 is 35.2 Å². The Morgan fingerprint density at radius 1 is 1.21 bits per heavy atom. The number of H-pyrrole nitrogens is 1. The maximum Gasteiger partial charge on any atom is 0.278 e. The number of nitrogens with one attached hydrogen (secondary N) is 2. The van der Waals surface area contributed by atoms with Crippen LogP contribution < -0.4 is 5.32 Å². The lowest BCUT2D eigenvalue weighted by atomic mass is 10.4. The van der Waals surface area contributed by atoms with Crippen LogP contribution in [0.25, 0.3) is 0 Å². The molecule has 0 aliphatic heterocycles. The molecule has 12 heteroatoms. The Morgan fingerprint density at radius 3 is 2.79 bits per heavy atom. The van der Waals surface area contributed by atoms with Gasteiger partial charge in [-0.2, -0.15) is 5.10 Å². The van der Waals surface area contributed by atoms with Gasteiger partial charge >= 0.3 is 0 Å². The van der Waals surface area contributed by atoms with Crippen molar-refractivity contribution in [3.05, 3.63) is 55.0 Å². The molecule has 0 aromatic carbocycles. The van der Waals surface area contributed by atoms with Gasteiger partial charge in [0, 0.05) is 36.6 Å². The number of hydrogen-bond donors (Lipinski definition) is 2. The summed E-state index contributed by atoms with van der Waals surface area (Å²) in [5.41, 5.74) is 0.192. The molecule has 0 atom stereocenters. The summed E-state index contributed by atoms with van der Waals surface area (Å²) in [6.45, 7) is 0. The molecule has 0 saturated carbocycles. The van der Waals surface area contributed by atoms with E-state index >= 15 is 0 Å². The number of rotatable bonds is 6. The zero-order chi connectivity index (χ0) is 19.3. The Hall–Kier alpha value is -3.25. The van der Waals surface area contributed by atoms with Gasteiger partial charge in [0.15, 0.2) is 16.7 Å². The summed E-state index contributed by atoms with van der Waals surface area (Å²) in [6.07, 6.45) is 8.16. The molecule has 10 nitrogen and oxygen atoms in total. The average Bonchev–Trinajstić information content (AvgIpc) is 3.35. The van der Waals surface area contributed by atoms with Gasteiger partial charge in [0.2, 0.25) is 0 Å². The monoisotopic (exact) mass is 411 g/mol. The lowest BCUT2D eigenvalue weighted by molar-refractivity contribution is 0.101. The van der Waals surface area contributed by atoms with E-state index < -0.39 is 5.91 Å². The first-order chi connectivity index (χ1) is 13.7. The molecule has 28 heavy (non-hydrogen) atoms.